The highest BCUT2D eigenvalue weighted by atomic mass is 32.1. The van der Waals surface area contributed by atoms with Crippen molar-refractivity contribution in [3.63, 3.8) is 0 Å². The third kappa shape index (κ3) is 3.24. The first kappa shape index (κ1) is 14.3. The van der Waals surface area contributed by atoms with Crippen LogP contribution in [0.15, 0.2) is 23.6 Å². The molecule has 106 valence electrons. The molecule has 0 unspecified atom stereocenters. The molecule has 0 aliphatic heterocycles. The molecule has 0 saturated carbocycles. The summed E-state index contributed by atoms with van der Waals surface area (Å²) in [6.45, 7) is 3.49. The average Bonchev–Trinajstić information content (AvgIpc) is 3.00. The fourth-order valence-electron chi connectivity index (χ4n) is 1.70. The smallest absolute Gasteiger partial charge is 0.261 e. The van der Waals surface area contributed by atoms with Gasteiger partial charge in [0.25, 0.3) is 5.91 Å². The Morgan fingerprint density at radius 2 is 2.20 bits per heavy atom. The Labute approximate surface area is 120 Å². The Kier molecular flexibility index (Phi) is 4.19. The number of aromatic nitrogens is 2. The van der Waals surface area contributed by atoms with E-state index < -0.39 is 6.04 Å². The van der Waals surface area contributed by atoms with Gasteiger partial charge >= 0.3 is 0 Å². The van der Waals surface area contributed by atoms with Crippen LogP contribution in [0.1, 0.15) is 22.3 Å². The molecule has 0 aromatic carbocycles. The minimum absolute atomic E-state index is 0.246. The molecule has 6 nitrogen and oxygen atoms in total. The van der Waals surface area contributed by atoms with Crippen LogP contribution in [-0.4, -0.2) is 27.6 Å². The van der Waals surface area contributed by atoms with Crippen LogP contribution in [0, 0.1) is 6.92 Å². The monoisotopic (exact) mass is 292 g/mol. The number of amides is 2. The van der Waals surface area contributed by atoms with Gasteiger partial charge < -0.3 is 10.6 Å². The molecule has 20 heavy (non-hydrogen) atoms. The molecule has 2 N–H and O–H groups in total. The molecule has 0 aliphatic rings. The van der Waals surface area contributed by atoms with Crippen molar-refractivity contribution in [2.45, 2.75) is 19.9 Å². The van der Waals surface area contributed by atoms with Crippen molar-refractivity contribution in [1.29, 1.82) is 0 Å². The molecule has 2 heterocycles. The summed E-state index contributed by atoms with van der Waals surface area (Å²) in [6, 6.07) is 4.66. The lowest BCUT2D eigenvalue weighted by Crippen LogP contribution is -2.41. The highest BCUT2D eigenvalue weighted by Gasteiger charge is 2.18. The van der Waals surface area contributed by atoms with E-state index in [1.807, 2.05) is 12.3 Å². The Bertz CT molecular complexity index is 618. The number of rotatable bonds is 4. The SMILES string of the molecule is Cc1cc(NC(=O)[C@@H](C)NC(=O)c2cccs2)n(C)n1. The van der Waals surface area contributed by atoms with E-state index in [2.05, 4.69) is 15.7 Å². The fourth-order valence-corrected chi connectivity index (χ4v) is 2.33. The lowest BCUT2D eigenvalue weighted by atomic mass is 10.3. The predicted octanol–water partition coefficient (Wildman–Crippen LogP) is 1.55. The largest absolute Gasteiger partial charge is 0.340 e. The molecule has 2 amide bonds. The number of anilines is 1. The van der Waals surface area contributed by atoms with E-state index in [1.165, 1.54) is 11.3 Å². The first-order chi connectivity index (χ1) is 9.47. The van der Waals surface area contributed by atoms with Crippen molar-refractivity contribution in [3.8, 4) is 0 Å². The van der Waals surface area contributed by atoms with Gasteiger partial charge in [-0.3, -0.25) is 14.3 Å². The number of aryl methyl sites for hydroxylation is 2. The number of nitrogens with one attached hydrogen (secondary N) is 2. The molecule has 2 aromatic rings. The number of hydrogen-bond acceptors (Lipinski definition) is 4. The van der Waals surface area contributed by atoms with Crippen molar-refractivity contribution in [2.24, 2.45) is 7.05 Å². The van der Waals surface area contributed by atoms with E-state index in [-0.39, 0.29) is 11.8 Å². The van der Waals surface area contributed by atoms with Crippen LogP contribution in [0.5, 0.6) is 0 Å². The van der Waals surface area contributed by atoms with Gasteiger partial charge in [-0.1, -0.05) is 6.07 Å². The van der Waals surface area contributed by atoms with Crippen LogP contribution in [0.25, 0.3) is 0 Å². The van der Waals surface area contributed by atoms with Crippen molar-refractivity contribution in [3.05, 3.63) is 34.2 Å². The van der Waals surface area contributed by atoms with Crippen molar-refractivity contribution >= 4 is 29.0 Å². The molecule has 0 bridgehead atoms. The van der Waals surface area contributed by atoms with Crippen LogP contribution in [0.4, 0.5) is 5.82 Å². The molecule has 1 atom stereocenters. The molecular weight excluding hydrogens is 276 g/mol. The van der Waals surface area contributed by atoms with Gasteiger partial charge in [0.15, 0.2) is 0 Å². The number of thiophene rings is 1. The minimum Gasteiger partial charge on any atom is -0.340 e. The van der Waals surface area contributed by atoms with Gasteiger partial charge in [-0.25, -0.2) is 0 Å². The second-order valence-electron chi connectivity index (χ2n) is 4.46. The molecule has 0 fully saturated rings. The molecule has 2 aromatic heterocycles. The first-order valence-corrected chi connectivity index (χ1v) is 7.01. The van der Waals surface area contributed by atoms with Crippen LogP contribution in [-0.2, 0) is 11.8 Å². The first-order valence-electron chi connectivity index (χ1n) is 6.13. The van der Waals surface area contributed by atoms with Crippen LogP contribution in [0.3, 0.4) is 0 Å². The lowest BCUT2D eigenvalue weighted by molar-refractivity contribution is -0.117. The van der Waals surface area contributed by atoms with Crippen molar-refractivity contribution in [1.82, 2.24) is 15.1 Å². The highest BCUT2D eigenvalue weighted by Crippen LogP contribution is 2.10. The minimum atomic E-state index is -0.625. The molecule has 0 aliphatic carbocycles. The maximum Gasteiger partial charge on any atom is 0.261 e. The normalized spacial score (nSPS) is 11.9. The summed E-state index contributed by atoms with van der Waals surface area (Å²) in [5.41, 5.74) is 0.818. The van der Waals surface area contributed by atoms with E-state index >= 15 is 0 Å². The summed E-state index contributed by atoms with van der Waals surface area (Å²) >= 11 is 1.34. The predicted molar refractivity (Wildman–Crippen MR) is 77.8 cm³/mol. The summed E-state index contributed by atoms with van der Waals surface area (Å²) in [4.78, 5) is 24.4. The zero-order valence-corrected chi connectivity index (χ0v) is 12.3. The standard InChI is InChI=1S/C13H16N4O2S/c1-8-7-11(17(3)16-8)15-12(18)9(2)14-13(19)10-5-4-6-20-10/h4-7,9H,1-3H3,(H,14,19)(H,15,18)/t9-/m1/s1. The topological polar surface area (TPSA) is 76.0 Å². The van der Waals surface area contributed by atoms with Gasteiger partial charge in [0.2, 0.25) is 5.91 Å². The maximum absolute atomic E-state index is 12.0. The Morgan fingerprint density at radius 1 is 1.45 bits per heavy atom. The van der Waals surface area contributed by atoms with Crippen LogP contribution < -0.4 is 10.6 Å². The summed E-state index contributed by atoms with van der Waals surface area (Å²) in [6.07, 6.45) is 0. The Morgan fingerprint density at radius 3 is 2.75 bits per heavy atom. The quantitative estimate of drug-likeness (QED) is 0.897. The average molecular weight is 292 g/mol. The van der Waals surface area contributed by atoms with Crippen LogP contribution >= 0.6 is 11.3 Å². The lowest BCUT2D eigenvalue weighted by Gasteiger charge is -2.13. The van der Waals surface area contributed by atoms with Gasteiger partial charge in [-0.05, 0) is 25.3 Å². The zero-order valence-electron chi connectivity index (χ0n) is 11.5. The molecule has 0 saturated heterocycles. The third-order valence-corrected chi connectivity index (χ3v) is 3.61. The Balaban J connectivity index is 1.95. The number of carbonyl (C=O) groups excluding carboxylic acids is 2. The summed E-state index contributed by atoms with van der Waals surface area (Å²) < 4.78 is 1.58. The second kappa shape index (κ2) is 5.87. The highest BCUT2D eigenvalue weighted by molar-refractivity contribution is 7.12. The molecule has 7 heteroatoms. The van der Waals surface area contributed by atoms with Crippen LogP contribution in [0.2, 0.25) is 0 Å². The maximum atomic E-state index is 12.0. The van der Waals surface area contributed by atoms with E-state index in [4.69, 9.17) is 0 Å². The fraction of sp³-hybridized carbons (Fsp3) is 0.308. The summed E-state index contributed by atoms with van der Waals surface area (Å²) in [5.74, 6) is 0.0754. The number of nitrogens with zero attached hydrogens (tertiary/aromatic N) is 2. The van der Waals surface area contributed by atoms with E-state index in [1.54, 1.807) is 36.9 Å². The van der Waals surface area contributed by atoms with E-state index in [0.717, 1.165) is 5.69 Å². The molecule has 0 radical (unpaired) electrons. The van der Waals surface area contributed by atoms with Gasteiger partial charge in [0.1, 0.15) is 11.9 Å². The summed E-state index contributed by atoms with van der Waals surface area (Å²) in [5, 5.41) is 11.3. The van der Waals surface area contributed by atoms with Gasteiger partial charge in [0, 0.05) is 13.1 Å². The number of hydrogen-bond donors (Lipinski definition) is 2. The van der Waals surface area contributed by atoms with E-state index in [0.29, 0.717) is 10.7 Å². The van der Waals surface area contributed by atoms with Crippen molar-refractivity contribution in [2.75, 3.05) is 5.32 Å². The third-order valence-electron chi connectivity index (χ3n) is 2.74. The molecular formula is C13H16N4O2S. The van der Waals surface area contributed by atoms with Gasteiger partial charge in [-0.2, -0.15) is 5.10 Å². The summed E-state index contributed by atoms with van der Waals surface area (Å²) in [7, 11) is 1.75. The van der Waals surface area contributed by atoms with E-state index in [9.17, 15) is 9.59 Å². The number of carbonyl (C=O) groups is 2. The van der Waals surface area contributed by atoms with Gasteiger partial charge in [0.05, 0.1) is 10.6 Å². The molecule has 0 spiro atoms. The second-order valence-corrected chi connectivity index (χ2v) is 5.40. The Hall–Kier alpha value is -2.15. The van der Waals surface area contributed by atoms with Crippen molar-refractivity contribution < 1.29 is 9.59 Å². The molecule has 2 rings (SSSR count). The van der Waals surface area contributed by atoms with Gasteiger partial charge in [-0.15, -0.1) is 11.3 Å². The zero-order chi connectivity index (χ0) is 14.7.